The van der Waals surface area contributed by atoms with E-state index in [1.54, 1.807) is 13.4 Å². The van der Waals surface area contributed by atoms with Gasteiger partial charge in [0, 0.05) is 17.5 Å². The molecule has 0 aliphatic carbocycles. The van der Waals surface area contributed by atoms with Gasteiger partial charge in [-0.1, -0.05) is 30.3 Å². The monoisotopic (exact) mass is 405 g/mol. The van der Waals surface area contributed by atoms with Gasteiger partial charge in [0.25, 0.3) is 0 Å². The van der Waals surface area contributed by atoms with Crippen molar-refractivity contribution in [3.05, 3.63) is 57.9 Å². The van der Waals surface area contributed by atoms with Crippen molar-refractivity contribution in [2.24, 2.45) is 0 Å². The highest BCUT2D eigenvalue weighted by molar-refractivity contribution is 14.1. The van der Waals surface area contributed by atoms with E-state index in [-0.39, 0.29) is 6.04 Å². The maximum atomic E-state index is 5.36. The second-order valence-electron chi connectivity index (χ2n) is 5.00. The summed E-state index contributed by atoms with van der Waals surface area (Å²) in [5.74, 6) is 1.66. The number of hydrogen-bond donors (Lipinski definition) is 1. The van der Waals surface area contributed by atoms with E-state index in [0.29, 0.717) is 0 Å². The summed E-state index contributed by atoms with van der Waals surface area (Å²) in [6.07, 6.45) is 1.58. The fraction of sp³-hybridized carbons (Fsp3) is 0.176. The molecule has 0 saturated carbocycles. The Balaban J connectivity index is 1.99. The number of methoxy groups -OCH3 is 1. The number of fused-ring (bicyclic) bond motifs is 1. The topological polar surface area (TPSA) is 47.0 Å². The fourth-order valence-corrected chi connectivity index (χ4v) is 3.05. The Morgan fingerprint density at radius 2 is 1.91 bits per heavy atom. The van der Waals surface area contributed by atoms with Crippen molar-refractivity contribution in [3.63, 3.8) is 0 Å². The molecule has 0 amide bonds. The molecule has 0 aliphatic rings. The average Bonchev–Trinajstić information content (AvgIpc) is 2.55. The Morgan fingerprint density at radius 3 is 2.64 bits per heavy atom. The van der Waals surface area contributed by atoms with Crippen molar-refractivity contribution in [2.75, 3.05) is 12.4 Å². The molecule has 5 heteroatoms. The largest absolute Gasteiger partial charge is 0.496 e. The van der Waals surface area contributed by atoms with Crippen LogP contribution in [0.3, 0.4) is 0 Å². The molecule has 1 N–H and O–H groups in total. The van der Waals surface area contributed by atoms with Gasteiger partial charge < -0.3 is 10.1 Å². The van der Waals surface area contributed by atoms with Crippen molar-refractivity contribution in [1.29, 1.82) is 0 Å². The Kier molecular flexibility index (Phi) is 4.42. The van der Waals surface area contributed by atoms with Crippen LogP contribution in [-0.4, -0.2) is 17.1 Å². The normalized spacial score (nSPS) is 12.1. The van der Waals surface area contributed by atoms with E-state index in [2.05, 4.69) is 63.0 Å². The lowest BCUT2D eigenvalue weighted by Gasteiger charge is -2.16. The Hall–Kier alpha value is -1.89. The van der Waals surface area contributed by atoms with E-state index < -0.39 is 0 Å². The smallest absolute Gasteiger partial charge is 0.137 e. The first-order chi connectivity index (χ1) is 10.7. The summed E-state index contributed by atoms with van der Waals surface area (Å²) in [7, 11) is 1.67. The molecule has 1 unspecified atom stereocenters. The minimum Gasteiger partial charge on any atom is -0.496 e. The number of nitrogens with one attached hydrogen (secondary N) is 1. The minimum atomic E-state index is 0.166. The molecule has 0 bridgehead atoms. The van der Waals surface area contributed by atoms with Crippen LogP contribution in [0.25, 0.3) is 10.9 Å². The highest BCUT2D eigenvalue weighted by Crippen LogP contribution is 2.30. The highest BCUT2D eigenvalue weighted by Gasteiger charge is 2.11. The van der Waals surface area contributed by atoms with E-state index in [1.807, 2.05) is 24.3 Å². The molecule has 4 nitrogen and oxygen atoms in total. The molecule has 0 spiro atoms. The number of rotatable bonds is 4. The molecule has 112 valence electrons. The Morgan fingerprint density at radius 1 is 1.14 bits per heavy atom. The second-order valence-corrected chi connectivity index (χ2v) is 6.17. The van der Waals surface area contributed by atoms with Crippen LogP contribution in [0.5, 0.6) is 5.75 Å². The summed E-state index contributed by atoms with van der Waals surface area (Å²) in [5, 5.41) is 4.47. The van der Waals surface area contributed by atoms with Gasteiger partial charge in [-0.3, -0.25) is 0 Å². The van der Waals surface area contributed by atoms with E-state index in [1.165, 1.54) is 5.56 Å². The summed E-state index contributed by atoms with van der Waals surface area (Å²) < 4.78 is 6.39. The quantitative estimate of drug-likeness (QED) is 0.653. The number of benzene rings is 2. The number of ether oxygens (including phenoxy) is 1. The SMILES string of the molecule is COc1cc2ncnc(NC(C)c3ccccc3)c2cc1I. The molecule has 22 heavy (non-hydrogen) atoms. The zero-order valence-corrected chi connectivity index (χ0v) is 14.5. The van der Waals surface area contributed by atoms with Crippen LogP contribution in [0, 0.1) is 3.57 Å². The van der Waals surface area contributed by atoms with Gasteiger partial charge in [-0.2, -0.15) is 0 Å². The Labute approximate surface area is 143 Å². The van der Waals surface area contributed by atoms with Gasteiger partial charge in [-0.25, -0.2) is 9.97 Å². The predicted molar refractivity (Wildman–Crippen MR) is 97.3 cm³/mol. The zero-order chi connectivity index (χ0) is 15.5. The van der Waals surface area contributed by atoms with Gasteiger partial charge in [0.15, 0.2) is 0 Å². The first kappa shape index (κ1) is 15.0. The van der Waals surface area contributed by atoms with Crippen molar-refractivity contribution >= 4 is 39.3 Å². The summed E-state index contributed by atoms with van der Waals surface area (Å²) in [6, 6.07) is 14.5. The molecule has 1 atom stereocenters. The number of aromatic nitrogens is 2. The first-order valence-electron chi connectivity index (χ1n) is 6.99. The molecule has 0 aliphatic heterocycles. The second kappa shape index (κ2) is 6.48. The number of halogens is 1. The predicted octanol–water partition coefficient (Wildman–Crippen LogP) is 4.42. The first-order valence-corrected chi connectivity index (χ1v) is 8.06. The number of nitrogens with zero attached hydrogens (tertiary/aromatic N) is 2. The molecule has 2 aromatic carbocycles. The lowest BCUT2D eigenvalue weighted by Crippen LogP contribution is -2.08. The highest BCUT2D eigenvalue weighted by atomic mass is 127. The van der Waals surface area contributed by atoms with E-state index >= 15 is 0 Å². The van der Waals surface area contributed by atoms with E-state index in [0.717, 1.165) is 26.0 Å². The third-order valence-corrected chi connectivity index (χ3v) is 4.40. The van der Waals surface area contributed by atoms with Gasteiger partial charge in [0.1, 0.15) is 17.9 Å². The molecular formula is C17H16IN3O. The van der Waals surface area contributed by atoms with Crippen molar-refractivity contribution in [2.45, 2.75) is 13.0 Å². The molecule has 0 radical (unpaired) electrons. The van der Waals surface area contributed by atoms with Gasteiger partial charge in [-0.15, -0.1) is 0 Å². The average molecular weight is 405 g/mol. The van der Waals surface area contributed by atoms with Crippen molar-refractivity contribution in [1.82, 2.24) is 9.97 Å². The maximum Gasteiger partial charge on any atom is 0.137 e. The van der Waals surface area contributed by atoms with Gasteiger partial charge in [-0.05, 0) is 41.1 Å². The van der Waals surface area contributed by atoms with Crippen molar-refractivity contribution in [3.8, 4) is 5.75 Å². The minimum absolute atomic E-state index is 0.166. The molecule has 0 saturated heterocycles. The van der Waals surface area contributed by atoms with E-state index in [4.69, 9.17) is 4.74 Å². The van der Waals surface area contributed by atoms with Gasteiger partial charge >= 0.3 is 0 Å². The van der Waals surface area contributed by atoms with Gasteiger partial charge in [0.2, 0.25) is 0 Å². The van der Waals surface area contributed by atoms with E-state index in [9.17, 15) is 0 Å². The number of anilines is 1. The lowest BCUT2D eigenvalue weighted by atomic mass is 10.1. The number of hydrogen-bond acceptors (Lipinski definition) is 4. The standard InChI is InChI=1S/C17H16IN3O/c1-11(12-6-4-3-5-7-12)21-17-13-8-14(18)16(22-2)9-15(13)19-10-20-17/h3-11H,1-2H3,(H,19,20,21). The summed E-state index contributed by atoms with van der Waals surface area (Å²) in [5.41, 5.74) is 2.09. The summed E-state index contributed by atoms with van der Waals surface area (Å²) in [6.45, 7) is 2.12. The summed E-state index contributed by atoms with van der Waals surface area (Å²) >= 11 is 2.26. The van der Waals surface area contributed by atoms with Crippen LogP contribution in [0.1, 0.15) is 18.5 Å². The zero-order valence-electron chi connectivity index (χ0n) is 12.4. The molecular weight excluding hydrogens is 389 g/mol. The van der Waals surface area contributed by atoms with Crippen LogP contribution < -0.4 is 10.1 Å². The Bertz CT molecular complexity index is 793. The third-order valence-electron chi connectivity index (χ3n) is 3.56. The lowest BCUT2D eigenvalue weighted by molar-refractivity contribution is 0.412. The third kappa shape index (κ3) is 2.99. The molecule has 1 heterocycles. The molecule has 3 aromatic rings. The molecule has 3 rings (SSSR count). The van der Waals surface area contributed by atoms with Crippen LogP contribution >= 0.6 is 22.6 Å². The van der Waals surface area contributed by atoms with Crippen LogP contribution in [0.15, 0.2) is 48.8 Å². The fourth-order valence-electron chi connectivity index (χ4n) is 2.36. The van der Waals surface area contributed by atoms with Crippen LogP contribution in [0.4, 0.5) is 5.82 Å². The maximum absolute atomic E-state index is 5.36. The van der Waals surface area contributed by atoms with Gasteiger partial charge in [0.05, 0.1) is 16.2 Å². The summed E-state index contributed by atoms with van der Waals surface area (Å²) in [4.78, 5) is 8.74. The molecule has 1 aromatic heterocycles. The van der Waals surface area contributed by atoms with Crippen molar-refractivity contribution < 1.29 is 4.74 Å². The van der Waals surface area contributed by atoms with Crippen LogP contribution in [-0.2, 0) is 0 Å². The van der Waals surface area contributed by atoms with Crippen LogP contribution in [0.2, 0.25) is 0 Å². The molecule has 0 fully saturated rings.